The Kier molecular flexibility index (Phi) is 3.74. The van der Waals surface area contributed by atoms with Crippen molar-refractivity contribution in [2.45, 2.75) is 0 Å². The van der Waals surface area contributed by atoms with Gasteiger partial charge in [0.2, 0.25) is 0 Å². The summed E-state index contributed by atoms with van der Waals surface area (Å²) in [4.78, 5) is 3.22. The summed E-state index contributed by atoms with van der Waals surface area (Å²) in [5.41, 5.74) is 2.96. The SMILES string of the molecule is COc1cc(-n2c(=S)[nH]c3cc(I)ccc32)ccc1Cl. The Hall–Kier alpha value is -1.05. The molecule has 0 atom stereocenters. The van der Waals surface area contributed by atoms with Crippen molar-refractivity contribution in [2.75, 3.05) is 7.11 Å². The number of hydrogen-bond donors (Lipinski definition) is 1. The highest BCUT2D eigenvalue weighted by atomic mass is 127. The Balaban J connectivity index is 2.29. The summed E-state index contributed by atoms with van der Waals surface area (Å²) in [7, 11) is 1.60. The first-order chi connectivity index (χ1) is 9.60. The minimum absolute atomic E-state index is 0.581. The van der Waals surface area contributed by atoms with Crippen LogP contribution in [0.25, 0.3) is 16.7 Å². The maximum Gasteiger partial charge on any atom is 0.182 e. The van der Waals surface area contributed by atoms with Crippen LogP contribution in [0.2, 0.25) is 5.02 Å². The Morgan fingerprint density at radius 1 is 1.25 bits per heavy atom. The maximum absolute atomic E-state index is 6.07. The Labute approximate surface area is 139 Å². The predicted molar refractivity (Wildman–Crippen MR) is 92.7 cm³/mol. The molecule has 1 aromatic heterocycles. The number of aromatic nitrogens is 2. The van der Waals surface area contributed by atoms with Gasteiger partial charge in [-0.15, -0.1) is 0 Å². The minimum Gasteiger partial charge on any atom is -0.495 e. The van der Waals surface area contributed by atoms with Crippen molar-refractivity contribution in [2.24, 2.45) is 0 Å². The number of benzene rings is 2. The first-order valence-corrected chi connectivity index (χ1v) is 7.71. The molecule has 3 aromatic rings. The van der Waals surface area contributed by atoms with E-state index in [0.29, 0.717) is 15.5 Å². The van der Waals surface area contributed by atoms with Crippen LogP contribution < -0.4 is 4.74 Å². The van der Waals surface area contributed by atoms with E-state index in [2.05, 4.69) is 39.7 Å². The maximum atomic E-state index is 6.07. The summed E-state index contributed by atoms with van der Waals surface area (Å²) < 4.78 is 9.04. The van der Waals surface area contributed by atoms with Gasteiger partial charge >= 0.3 is 0 Å². The standard InChI is InChI=1S/C14H10ClIN2OS/c1-19-13-7-9(3-4-10(13)15)18-12-5-2-8(16)6-11(12)17-14(18)20/h2-7H,1H3,(H,17,20). The van der Waals surface area contributed by atoms with Crippen molar-refractivity contribution in [3.63, 3.8) is 0 Å². The Morgan fingerprint density at radius 3 is 2.80 bits per heavy atom. The number of hydrogen-bond acceptors (Lipinski definition) is 2. The minimum atomic E-state index is 0.581. The van der Waals surface area contributed by atoms with Crippen LogP contribution in [-0.4, -0.2) is 16.7 Å². The predicted octanol–water partition coefficient (Wildman–Crippen LogP) is 4.95. The zero-order chi connectivity index (χ0) is 14.3. The number of ether oxygens (including phenoxy) is 1. The number of halogens is 2. The molecular formula is C14H10ClIN2OS. The first-order valence-electron chi connectivity index (χ1n) is 5.84. The molecule has 20 heavy (non-hydrogen) atoms. The summed E-state index contributed by atoms with van der Waals surface area (Å²) in [6.45, 7) is 0. The van der Waals surface area contributed by atoms with Crippen molar-refractivity contribution in [3.05, 3.63) is 49.8 Å². The average molecular weight is 417 g/mol. The van der Waals surface area contributed by atoms with Crippen LogP contribution in [0, 0.1) is 8.34 Å². The molecule has 0 aliphatic heterocycles. The van der Waals surface area contributed by atoms with E-state index < -0.39 is 0 Å². The summed E-state index contributed by atoms with van der Waals surface area (Å²) in [5.74, 6) is 0.630. The van der Waals surface area contributed by atoms with Gasteiger partial charge in [-0.3, -0.25) is 4.57 Å². The molecule has 3 nitrogen and oxygen atoms in total. The molecule has 0 amide bonds. The van der Waals surface area contributed by atoms with Crippen LogP contribution in [-0.2, 0) is 0 Å². The highest BCUT2D eigenvalue weighted by Gasteiger charge is 2.09. The largest absolute Gasteiger partial charge is 0.495 e. The molecule has 1 heterocycles. The summed E-state index contributed by atoms with van der Waals surface area (Å²) in [6, 6.07) is 11.8. The molecule has 0 radical (unpaired) electrons. The molecule has 0 aliphatic carbocycles. The third-order valence-electron chi connectivity index (χ3n) is 3.04. The second-order valence-corrected chi connectivity index (χ2v) is 6.29. The quantitative estimate of drug-likeness (QED) is 0.473. The Bertz CT molecular complexity index is 856. The van der Waals surface area contributed by atoms with Gasteiger partial charge in [0.05, 0.1) is 28.9 Å². The van der Waals surface area contributed by atoms with Crippen LogP contribution >= 0.6 is 46.4 Å². The topological polar surface area (TPSA) is 29.9 Å². The van der Waals surface area contributed by atoms with Gasteiger partial charge in [-0.2, -0.15) is 0 Å². The van der Waals surface area contributed by atoms with Gasteiger partial charge in [-0.05, 0) is 65.1 Å². The second-order valence-electron chi connectivity index (χ2n) is 4.25. The number of aromatic amines is 1. The fraction of sp³-hybridized carbons (Fsp3) is 0.0714. The third kappa shape index (κ3) is 2.34. The average Bonchev–Trinajstić information content (AvgIpc) is 2.74. The molecule has 0 spiro atoms. The van der Waals surface area contributed by atoms with Crippen LogP contribution in [0.5, 0.6) is 5.75 Å². The van der Waals surface area contributed by atoms with Gasteiger partial charge < -0.3 is 9.72 Å². The van der Waals surface area contributed by atoms with Crippen LogP contribution in [0.3, 0.4) is 0 Å². The van der Waals surface area contributed by atoms with Gasteiger partial charge in [0.1, 0.15) is 5.75 Å². The number of methoxy groups -OCH3 is 1. The van der Waals surface area contributed by atoms with Crippen molar-refractivity contribution in [3.8, 4) is 11.4 Å². The molecule has 3 rings (SSSR count). The summed E-state index contributed by atoms with van der Waals surface area (Å²) in [6.07, 6.45) is 0. The monoisotopic (exact) mass is 416 g/mol. The van der Waals surface area contributed by atoms with Crippen molar-refractivity contribution >= 4 is 57.4 Å². The van der Waals surface area contributed by atoms with Gasteiger partial charge in [0, 0.05) is 9.64 Å². The van der Waals surface area contributed by atoms with E-state index in [9.17, 15) is 0 Å². The summed E-state index contributed by atoms with van der Waals surface area (Å²) in [5, 5.41) is 0.581. The van der Waals surface area contributed by atoms with E-state index in [0.717, 1.165) is 20.3 Å². The van der Waals surface area contributed by atoms with E-state index in [-0.39, 0.29) is 0 Å². The van der Waals surface area contributed by atoms with Gasteiger partial charge in [-0.1, -0.05) is 11.6 Å². The molecule has 6 heteroatoms. The van der Waals surface area contributed by atoms with Crippen molar-refractivity contribution in [1.29, 1.82) is 0 Å². The molecule has 0 unspecified atom stereocenters. The third-order valence-corrected chi connectivity index (χ3v) is 4.30. The molecule has 0 bridgehead atoms. The first kappa shape index (κ1) is 13.9. The molecule has 0 saturated carbocycles. The van der Waals surface area contributed by atoms with Crippen molar-refractivity contribution < 1.29 is 4.74 Å². The number of rotatable bonds is 2. The lowest BCUT2D eigenvalue weighted by molar-refractivity contribution is 0.415. The van der Waals surface area contributed by atoms with Crippen LogP contribution in [0.4, 0.5) is 0 Å². The fourth-order valence-corrected chi connectivity index (χ4v) is 3.13. The van der Waals surface area contributed by atoms with E-state index in [1.165, 1.54) is 0 Å². The van der Waals surface area contributed by atoms with Crippen molar-refractivity contribution in [1.82, 2.24) is 9.55 Å². The number of H-pyrrole nitrogens is 1. The normalized spacial score (nSPS) is 10.9. The highest BCUT2D eigenvalue weighted by Crippen LogP contribution is 2.29. The molecule has 1 N–H and O–H groups in total. The lowest BCUT2D eigenvalue weighted by Gasteiger charge is -2.08. The highest BCUT2D eigenvalue weighted by molar-refractivity contribution is 14.1. The number of nitrogens with zero attached hydrogens (tertiary/aromatic N) is 1. The lowest BCUT2D eigenvalue weighted by Crippen LogP contribution is -1.95. The Morgan fingerprint density at radius 2 is 2.05 bits per heavy atom. The lowest BCUT2D eigenvalue weighted by atomic mass is 10.2. The van der Waals surface area contributed by atoms with Gasteiger partial charge in [0.15, 0.2) is 4.77 Å². The number of fused-ring (bicyclic) bond motifs is 1. The zero-order valence-electron chi connectivity index (χ0n) is 10.5. The molecule has 0 fully saturated rings. The molecular weight excluding hydrogens is 407 g/mol. The molecule has 0 saturated heterocycles. The van der Waals surface area contributed by atoms with E-state index in [4.69, 9.17) is 28.6 Å². The van der Waals surface area contributed by atoms with E-state index in [1.807, 2.05) is 28.8 Å². The van der Waals surface area contributed by atoms with Crippen LogP contribution in [0.15, 0.2) is 36.4 Å². The molecule has 2 aromatic carbocycles. The second kappa shape index (κ2) is 5.38. The molecule has 102 valence electrons. The van der Waals surface area contributed by atoms with E-state index >= 15 is 0 Å². The smallest absolute Gasteiger partial charge is 0.182 e. The van der Waals surface area contributed by atoms with Gasteiger partial charge in [-0.25, -0.2) is 0 Å². The van der Waals surface area contributed by atoms with E-state index in [1.54, 1.807) is 7.11 Å². The van der Waals surface area contributed by atoms with Gasteiger partial charge in [0.25, 0.3) is 0 Å². The van der Waals surface area contributed by atoms with Crippen LogP contribution in [0.1, 0.15) is 0 Å². The molecule has 0 aliphatic rings. The number of imidazole rings is 1. The fourth-order valence-electron chi connectivity index (χ4n) is 2.13. The zero-order valence-corrected chi connectivity index (χ0v) is 14.2. The number of nitrogens with one attached hydrogen (secondary N) is 1. The summed E-state index contributed by atoms with van der Waals surface area (Å²) >= 11 is 13.8.